The predicted octanol–water partition coefficient (Wildman–Crippen LogP) is 3.80. The third-order valence-electron chi connectivity index (χ3n) is 5.61. The molecule has 0 aromatic heterocycles. The molecule has 2 aliphatic rings. The highest BCUT2D eigenvalue weighted by atomic mass is 16.6. The first-order valence-corrected chi connectivity index (χ1v) is 7.99. The van der Waals surface area contributed by atoms with Crippen molar-refractivity contribution in [2.24, 2.45) is 21.8 Å². The predicted molar refractivity (Wildman–Crippen MR) is 82.5 cm³/mol. The van der Waals surface area contributed by atoms with Crippen LogP contribution in [0.15, 0.2) is 5.10 Å². The Morgan fingerprint density at radius 3 is 2.09 bits per heavy atom. The van der Waals surface area contributed by atoms with Crippen LogP contribution < -0.4 is 0 Å². The van der Waals surface area contributed by atoms with Crippen molar-refractivity contribution in [1.82, 2.24) is 5.01 Å². The summed E-state index contributed by atoms with van der Waals surface area (Å²) in [4.78, 5) is 24.0. The van der Waals surface area contributed by atoms with Crippen molar-refractivity contribution in [2.45, 2.75) is 53.9 Å². The lowest BCUT2D eigenvalue weighted by Gasteiger charge is -2.34. The van der Waals surface area contributed by atoms with Crippen molar-refractivity contribution in [3.8, 4) is 0 Å². The zero-order chi connectivity index (χ0) is 16.5. The van der Waals surface area contributed by atoms with E-state index >= 15 is 0 Å². The lowest BCUT2D eigenvalue weighted by Crippen LogP contribution is -2.38. The van der Waals surface area contributed by atoms with Crippen molar-refractivity contribution in [3.63, 3.8) is 0 Å². The number of nitrogens with zero attached hydrogens (tertiary/aromatic N) is 2. The summed E-state index contributed by atoms with van der Waals surface area (Å²) in [6.07, 6.45) is 1.46. The van der Waals surface area contributed by atoms with Crippen molar-refractivity contribution in [3.05, 3.63) is 0 Å². The third kappa shape index (κ3) is 2.48. The van der Waals surface area contributed by atoms with Crippen molar-refractivity contribution >= 4 is 17.9 Å². The van der Waals surface area contributed by atoms with Crippen molar-refractivity contribution in [2.75, 3.05) is 13.2 Å². The molecule has 2 atom stereocenters. The molecule has 2 bridgehead atoms. The maximum absolute atomic E-state index is 12.0. The molecule has 2 amide bonds. The Morgan fingerprint density at radius 2 is 1.73 bits per heavy atom. The summed E-state index contributed by atoms with van der Waals surface area (Å²) in [5.41, 5.74) is 0.935. The van der Waals surface area contributed by atoms with E-state index in [2.05, 4.69) is 25.9 Å². The molecule has 0 unspecified atom stereocenters. The van der Waals surface area contributed by atoms with Crippen LogP contribution in [0.1, 0.15) is 53.9 Å². The maximum Gasteiger partial charge on any atom is 0.440 e. The van der Waals surface area contributed by atoms with Gasteiger partial charge in [0.15, 0.2) is 0 Å². The minimum atomic E-state index is -0.780. The first-order chi connectivity index (χ1) is 10.3. The first-order valence-electron chi connectivity index (χ1n) is 7.99. The topological polar surface area (TPSA) is 68.2 Å². The molecule has 2 rings (SSSR count). The first kappa shape index (κ1) is 16.8. The summed E-state index contributed by atoms with van der Waals surface area (Å²) in [6, 6.07) is 0. The van der Waals surface area contributed by atoms with Crippen molar-refractivity contribution in [1.29, 1.82) is 0 Å². The molecular formula is C16H26N2O4. The summed E-state index contributed by atoms with van der Waals surface area (Å²) in [6.45, 7) is 10.4. The SMILES string of the molecule is CCOC(=O)N(/N=C1/C[C@@H]2CC[C@]1(C)C2(C)C)C(=O)OCC. The molecule has 2 aliphatic carbocycles. The molecule has 0 heterocycles. The van der Waals surface area contributed by atoms with Crippen LogP contribution in [0.4, 0.5) is 9.59 Å². The molecule has 2 fully saturated rings. The van der Waals surface area contributed by atoms with Crippen molar-refractivity contribution < 1.29 is 19.1 Å². The van der Waals surface area contributed by atoms with E-state index < -0.39 is 12.2 Å². The van der Waals surface area contributed by atoms with Gasteiger partial charge in [-0.3, -0.25) is 0 Å². The largest absolute Gasteiger partial charge is 0.448 e. The van der Waals surface area contributed by atoms with Gasteiger partial charge in [0.1, 0.15) is 0 Å². The lowest BCUT2D eigenvalue weighted by atomic mass is 9.70. The van der Waals surface area contributed by atoms with Gasteiger partial charge in [0.05, 0.1) is 13.2 Å². The number of carbonyl (C=O) groups excluding carboxylic acids is 2. The molecule has 124 valence electrons. The third-order valence-corrected chi connectivity index (χ3v) is 5.61. The van der Waals surface area contributed by atoms with E-state index in [1.807, 2.05) is 0 Å². The van der Waals surface area contributed by atoms with Crippen LogP contribution >= 0.6 is 0 Å². The lowest BCUT2D eigenvalue weighted by molar-refractivity contribution is 0.0816. The second kappa shape index (κ2) is 5.89. The Hall–Kier alpha value is -1.59. The minimum absolute atomic E-state index is 0.0884. The molecule has 0 aromatic carbocycles. The highest BCUT2D eigenvalue weighted by Crippen LogP contribution is 2.64. The summed E-state index contributed by atoms with van der Waals surface area (Å²) >= 11 is 0. The summed E-state index contributed by atoms with van der Waals surface area (Å²) in [7, 11) is 0. The van der Waals surface area contributed by atoms with Gasteiger partial charge in [-0.15, -0.1) is 0 Å². The number of imide groups is 1. The molecule has 2 saturated carbocycles. The van der Waals surface area contributed by atoms with E-state index in [-0.39, 0.29) is 24.0 Å². The molecule has 6 heteroatoms. The van der Waals surface area contributed by atoms with Crippen LogP contribution in [0.25, 0.3) is 0 Å². The number of fused-ring (bicyclic) bond motifs is 2. The average Bonchev–Trinajstić information content (AvgIpc) is 2.78. The van der Waals surface area contributed by atoms with E-state index in [0.29, 0.717) is 5.92 Å². The van der Waals surface area contributed by atoms with Gasteiger partial charge in [-0.2, -0.15) is 5.10 Å². The van der Waals surface area contributed by atoms with E-state index in [4.69, 9.17) is 9.47 Å². The summed E-state index contributed by atoms with van der Waals surface area (Å²) in [5.74, 6) is 0.544. The average molecular weight is 310 g/mol. The van der Waals surface area contributed by atoms with E-state index in [1.165, 1.54) is 6.42 Å². The minimum Gasteiger partial charge on any atom is -0.448 e. The molecule has 22 heavy (non-hydrogen) atoms. The second-order valence-electron chi connectivity index (χ2n) is 6.75. The Kier molecular flexibility index (Phi) is 4.49. The fourth-order valence-corrected chi connectivity index (χ4v) is 3.73. The van der Waals surface area contributed by atoms with Gasteiger partial charge in [-0.25, -0.2) is 9.59 Å². The van der Waals surface area contributed by atoms with E-state index in [0.717, 1.165) is 23.6 Å². The number of ether oxygens (including phenoxy) is 2. The zero-order valence-corrected chi connectivity index (χ0v) is 14.1. The fraction of sp³-hybridized carbons (Fsp3) is 0.812. The van der Waals surface area contributed by atoms with Crippen LogP contribution in [-0.4, -0.2) is 36.1 Å². The number of amides is 2. The number of rotatable bonds is 3. The van der Waals surface area contributed by atoms with Crippen LogP contribution in [0.2, 0.25) is 0 Å². The smallest absolute Gasteiger partial charge is 0.440 e. The summed E-state index contributed by atoms with van der Waals surface area (Å²) in [5, 5.41) is 5.10. The monoisotopic (exact) mass is 310 g/mol. The van der Waals surface area contributed by atoms with E-state index in [9.17, 15) is 9.59 Å². The standard InChI is InChI=1S/C16H26N2O4/c1-6-21-13(19)18(14(20)22-7-2)17-12-10-11-8-9-16(12,5)15(11,3)4/h11H,6-10H2,1-5H3/b17-12-/t11-,16-/m0/s1. The van der Waals surface area contributed by atoms with Crippen LogP contribution in [0.5, 0.6) is 0 Å². The fourth-order valence-electron chi connectivity index (χ4n) is 3.73. The Morgan fingerprint density at radius 1 is 1.18 bits per heavy atom. The van der Waals surface area contributed by atoms with Crippen LogP contribution in [-0.2, 0) is 9.47 Å². The summed E-state index contributed by atoms with van der Waals surface area (Å²) < 4.78 is 9.85. The van der Waals surface area contributed by atoms with Crippen LogP contribution in [0.3, 0.4) is 0 Å². The highest BCUT2D eigenvalue weighted by Gasteiger charge is 2.60. The van der Waals surface area contributed by atoms with Gasteiger partial charge in [-0.1, -0.05) is 25.8 Å². The number of hydrazone groups is 1. The molecule has 0 aliphatic heterocycles. The molecule has 6 nitrogen and oxygen atoms in total. The Bertz CT molecular complexity index is 482. The Labute approximate surface area is 131 Å². The molecule has 0 spiro atoms. The normalized spacial score (nSPS) is 30.4. The van der Waals surface area contributed by atoms with Gasteiger partial charge in [0.2, 0.25) is 0 Å². The van der Waals surface area contributed by atoms with Crippen LogP contribution in [0, 0.1) is 16.7 Å². The zero-order valence-electron chi connectivity index (χ0n) is 14.1. The maximum atomic E-state index is 12.0. The quantitative estimate of drug-likeness (QED) is 0.743. The van der Waals surface area contributed by atoms with Gasteiger partial charge < -0.3 is 9.47 Å². The number of carbonyl (C=O) groups is 2. The van der Waals surface area contributed by atoms with E-state index in [1.54, 1.807) is 13.8 Å². The molecular weight excluding hydrogens is 284 g/mol. The number of hydrogen-bond donors (Lipinski definition) is 0. The Balaban J connectivity index is 2.30. The van der Waals surface area contributed by atoms with Gasteiger partial charge in [0, 0.05) is 11.1 Å². The molecule has 0 aromatic rings. The molecule has 0 radical (unpaired) electrons. The molecule has 0 N–H and O–H groups in total. The second-order valence-corrected chi connectivity index (χ2v) is 6.75. The van der Waals surface area contributed by atoms with Gasteiger partial charge >= 0.3 is 12.2 Å². The highest BCUT2D eigenvalue weighted by molar-refractivity contribution is 5.97. The number of hydrogen-bond acceptors (Lipinski definition) is 5. The molecule has 0 saturated heterocycles. The van der Waals surface area contributed by atoms with Gasteiger partial charge in [0.25, 0.3) is 0 Å². The van der Waals surface area contributed by atoms with Gasteiger partial charge in [-0.05, 0) is 44.4 Å².